The quantitative estimate of drug-likeness (QED) is 0.871. The van der Waals surface area contributed by atoms with E-state index in [4.69, 9.17) is 4.74 Å². The maximum absolute atomic E-state index is 5.84. The van der Waals surface area contributed by atoms with Crippen molar-refractivity contribution in [1.82, 2.24) is 9.97 Å². The zero-order valence-corrected chi connectivity index (χ0v) is 11.4. The highest BCUT2D eigenvalue weighted by Crippen LogP contribution is 2.24. The van der Waals surface area contributed by atoms with Crippen LogP contribution in [0.3, 0.4) is 0 Å². The Balaban J connectivity index is 1.94. The van der Waals surface area contributed by atoms with Gasteiger partial charge in [-0.2, -0.15) is 4.98 Å². The Morgan fingerprint density at radius 2 is 2.06 bits per heavy atom. The SMILES string of the molecule is CCc1nc(NC)cc(OCC2CCCCC2)n1. The summed E-state index contributed by atoms with van der Waals surface area (Å²) in [7, 11) is 1.87. The van der Waals surface area contributed by atoms with Crippen molar-refractivity contribution < 1.29 is 4.74 Å². The van der Waals surface area contributed by atoms with Crippen LogP contribution in [0.25, 0.3) is 0 Å². The van der Waals surface area contributed by atoms with Gasteiger partial charge >= 0.3 is 0 Å². The number of hydrogen-bond donors (Lipinski definition) is 1. The minimum Gasteiger partial charge on any atom is -0.477 e. The average molecular weight is 249 g/mol. The van der Waals surface area contributed by atoms with Crippen LogP contribution in [-0.2, 0) is 6.42 Å². The Bertz CT molecular complexity index is 353. The van der Waals surface area contributed by atoms with Crippen molar-refractivity contribution in [2.24, 2.45) is 5.92 Å². The Kier molecular flexibility index (Phi) is 4.79. The maximum atomic E-state index is 5.84. The number of hydrogen-bond acceptors (Lipinski definition) is 4. The smallest absolute Gasteiger partial charge is 0.218 e. The number of anilines is 1. The summed E-state index contributed by atoms with van der Waals surface area (Å²) in [6.07, 6.45) is 7.50. The van der Waals surface area contributed by atoms with E-state index in [1.165, 1.54) is 32.1 Å². The molecule has 18 heavy (non-hydrogen) atoms. The van der Waals surface area contributed by atoms with E-state index in [-0.39, 0.29) is 0 Å². The summed E-state index contributed by atoms with van der Waals surface area (Å²) >= 11 is 0. The first-order valence-electron chi connectivity index (χ1n) is 7.00. The summed E-state index contributed by atoms with van der Waals surface area (Å²) in [6, 6.07) is 1.88. The van der Waals surface area contributed by atoms with Gasteiger partial charge in [-0.1, -0.05) is 26.2 Å². The molecule has 0 bridgehead atoms. The molecule has 1 aliphatic carbocycles. The van der Waals surface area contributed by atoms with E-state index in [1.807, 2.05) is 13.1 Å². The molecule has 0 aliphatic heterocycles. The monoisotopic (exact) mass is 249 g/mol. The topological polar surface area (TPSA) is 47.0 Å². The van der Waals surface area contributed by atoms with Gasteiger partial charge in [-0.05, 0) is 18.8 Å². The van der Waals surface area contributed by atoms with Gasteiger partial charge in [-0.3, -0.25) is 0 Å². The van der Waals surface area contributed by atoms with Crippen molar-refractivity contribution in [2.75, 3.05) is 19.0 Å². The van der Waals surface area contributed by atoms with Crippen LogP contribution in [0.15, 0.2) is 6.07 Å². The lowest BCUT2D eigenvalue weighted by Gasteiger charge is -2.21. The molecule has 2 rings (SSSR count). The first-order chi connectivity index (χ1) is 8.81. The summed E-state index contributed by atoms with van der Waals surface area (Å²) in [5.41, 5.74) is 0. The van der Waals surface area contributed by atoms with Crippen LogP contribution in [0.2, 0.25) is 0 Å². The van der Waals surface area contributed by atoms with Crippen molar-refractivity contribution in [1.29, 1.82) is 0 Å². The standard InChI is InChI=1S/C14H23N3O/c1-3-12-16-13(15-2)9-14(17-12)18-10-11-7-5-4-6-8-11/h9,11H,3-8,10H2,1-2H3,(H,15,16,17). The number of nitrogens with zero attached hydrogens (tertiary/aromatic N) is 2. The molecule has 0 amide bonds. The molecule has 0 radical (unpaired) electrons. The molecule has 1 saturated carbocycles. The van der Waals surface area contributed by atoms with Gasteiger partial charge in [0.25, 0.3) is 0 Å². The molecule has 0 aromatic carbocycles. The van der Waals surface area contributed by atoms with Gasteiger partial charge in [-0.15, -0.1) is 0 Å². The highest BCUT2D eigenvalue weighted by molar-refractivity contribution is 5.37. The minimum absolute atomic E-state index is 0.705. The van der Waals surface area contributed by atoms with E-state index in [2.05, 4.69) is 22.2 Å². The maximum Gasteiger partial charge on any atom is 0.218 e. The molecule has 0 unspecified atom stereocenters. The first-order valence-corrected chi connectivity index (χ1v) is 7.00. The summed E-state index contributed by atoms with van der Waals surface area (Å²) in [4.78, 5) is 8.77. The Morgan fingerprint density at radius 3 is 2.72 bits per heavy atom. The molecule has 1 N–H and O–H groups in total. The van der Waals surface area contributed by atoms with E-state index < -0.39 is 0 Å². The molecule has 4 nitrogen and oxygen atoms in total. The van der Waals surface area contributed by atoms with Gasteiger partial charge in [-0.25, -0.2) is 4.98 Å². The van der Waals surface area contributed by atoms with E-state index in [1.54, 1.807) is 0 Å². The van der Waals surface area contributed by atoms with Crippen LogP contribution in [-0.4, -0.2) is 23.6 Å². The normalized spacial score (nSPS) is 16.6. The van der Waals surface area contributed by atoms with Crippen molar-refractivity contribution in [3.05, 3.63) is 11.9 Å². The van der Waals surface area contributed by atoms with Crippen molar-refractivity contribution in [3.8, 4) is 5.88 Å². The Hall–Kier alpha value is -1.32. The minimum atomic E-state index is 0.705. The molecule has 0 atom stereocenters. The Morgan fingerprint density at radius 1 is 1.28 bits per heavy atom. The molecule has 0 spiro atoms. The highest BCUT2D eigenvalue weighted by atomic mass is 16.5. The van der Waals surface area contributed by atoms with Crippen molar-refractivity contribution in [3.63, 3.8) is 0 Å². The van der Waals surface area contributed by atoms with Gasteiger partial charge in [0.1, 0.15) is 11.6 Å². The summed E-state index contributed by atoms with van der Waals surface area (Å²) in [6.45, 7) is 2.85. The predicted octanol–water partition coefficient (Wildman–Crippen LogP) is 3.04. The molecule has 1 fully saturated rings. The van der Waals surface area contributed by atoms with Gasteiger partial charge in [0.2, 0.25) is 5.88 Å². The number of ether oxygens (including phenoxy) is 1. The van der Waals surface area contributed by atoms with Gasteiger partial charge in [0, 0.05) is 19.5 Å². The third-order valence-corrected chi connectivity index (χ3v) is 3.51. The number of nitrogens with one attached hydrogen (secondary N) is 1. The molecule has 1 aliphatic rings. The number of rotatable bonds is 5. The molecular formula is C14H23N3O. The molecule has 1 aromatic rings. The third kappa shape index (κ3) is 3.59. The molecule has 100 valence electrons. The summed E-state index contributed by atoms with van der Waals surface area (Å²) < 4.78 is 5.84. The zero-order valence-electron chi connectivity index (χ0n) is 11.4. The van der Waals surface area contributed by atoms with E-state index in [0.717, 1.165) is 24.7 Å². The molecule has 0 saturated heterocycles. The van der Waals surface area contributed by atoms with Crippen LogP contribution in [0.1, 0.15) is 44.9 Å². The second-order valence-corrected chi connectivity index (χ2v) is 4.93. The molecular weight excluding hydrogens is 226 g/mol. The van der Waals surface area contributed by atoms with Crippen molar-refractivity contribution >= 4 is 5.82 Å². The lowest BCUT2D eigenvalue weighted by atomic mass is 9.90. The van der Waals surface area contributed by atoms with E-state index in [0.29, 0.717) is 11.8 Å². The summed E-state index contributed by atoms with van der Waals surface area (Å²) in [5, 5.41) is 3.05. The van der Waals surface area contributed by atoms with E-state index >= 15 is 0 Å². The molecule has 4 heteroatoms. The third-order valence-electron chi connectivity index (χ3n) is 3.51. The largest absolute Gasteiger partial charge is 0.477 e. The van der Waals surface area contributed by atoms with Crippen LogP contribution in [0.4, 0.5) is 5.82 Å². The van der Waals surface area contributed by atoms with Gasteiger partial charge < -0.3 is 10.1 Å². The van der Waals surface area contributed by atoms with Crippen LogP contribution in [0.5, 0.6) is 5.88 Å². The fraction of sp³-hybridized carbons (Fsp3) is 0.714. The van der Waals surface area contributed by atoms with Crippen LogP contribution in [0, 0.1) is 5.92 Å². The fourth-order valence-corrected chi connectivity index (χ4v) is 2.39. The summed E-state index contributed by atoms with van der Waals surface area (Å²) in [5.74, 6) is 3.08. The number of aromatic nitrogens is 2. The van der Waals surface area contributed by atoms with Gasteiger partial charge in [0.05, 0.1) is 6.61 Å². The second-order valence-electron chi connectivity index (χ2n) is 4.93. The fourth-order valence-electron chi connectivity index (χ4n) is 2.39. The predicted molar refractivity (Wildman–Crippen MR) is 73.0 cm³/mol. The van der Waals surface area contributed by atoms with Crippen molar-refractivity contribution in [2.45, 2.75) is 45.4 Å². The number of aryl methyl sites for hydroxylation is 1. The van der Waals surface area contributed by atoms with Crippen LogP contribution >= 0.6 is 0 Å². The first kappa shape index (κ1) is 13.1. The molecule has 1 heterocycles. The Labute approximate surface area is 109 Å². The molecule has 1 aromatic heterocycles. The van der Waals surface area contributed by atoms with E-state index in [9.17, 15) is 0 Å². The zero-order chi connectivity index (χ0) is 12.8. The second kappa shape index (κ2) is 6.57. The lowest BCUT2D eigenvalue weighted by molar-refractivity contribution is 0.202. The van der Waals surface area contributed by atoms with Crippen LogP contribution < -0.4 is 10.1 Å². The average Bonchev–Trinajstić information content (AvgIpc) is 2.45. The van der Waals surface area contributed by atoms with Gasteiger partial charge in [0.15, 0.2) is 0 Å². The highest BCUT2D eigenvalue weighted by Gasteiger charge is 2.14. The lowest BCUT2D eigenvalue weighted by Crippen LogP contribution is -2.16.